The average Bonchev–Trinajstić information content (AvgIpc) is 3.90. The van der Waals surface area contributed by atoms with Gasteiger partial charge in [-0.15, -0.1) is 34.0 Å². The van der Waals surface area contributed by atoms with Crippen LogP contribution in [-0.2, 0) is 5.41 Å². The molecule has 5 aromatic rings. The zero-order valence-corrected chi connectivity index (χ0v) is 27.7. The second kappa shape index (κ2) is 10.5. The molecule has 0 atom stereocenters. The number of allylic oxidation sites excluding steroid dienone is 6. The molecule has 0 fully saturated rings. The Morgan fingerprint density at radius 1 is 0.750 bits per heavy atom. The summed E-state index contributed by atoms with van der Waals surface area (Å²) in [4.78, 5) is 34.4. The van der Waals surface area contributed by atoms with Gasteiger partial charge in [0.05, 0.1) is 22.2 Å². The zero-order chi connectivity index (χ0) is 33.5. The predicted molar refractivity (Wildman–Crippen MR) is 190 cm³/mol. The van der Waals surface area contributed by atoms with Gasteiger partial charge in [-0.05, 0) is 46.5 Å². The number of hydrogen-bond acceptors (Lipinski definition) is 8. The summed E-state index contributed by atoms with van der Waals surface area (Å²) in [7, 11) is 0. The molecule has 0 saturated heterocycles. The molecule has 3 heterocycles. The molecular formula is C39H18N4O2S3. The standard InChI is InChI=1S/C39H18N4O2S3/c1-39(2)28-14-20(12-26-31(19(16-40)17-41)22-8-4-6-10-24(22)34(26)44)46-36(28)38-33(39)37-30(48-38)15-21(47-37)13-27-32(29(18-42)43-3)23-9-5-7-11-25(23)35(27)45/h4-15H,1-2H3/b26-12-,27-13-,32-29?. The van der Waals surface area contributed by atoms with Crippen molar-refractivity contribution in [2.45, 2.75) is 19.3 Å². The van der Waals surface area contributed by atoms with Crippen molar-refractivity contribution < 1.29 is 9.59 Å². The number of ketones is 2. The van der Waals surface area contributed by atoms with Gasteiger partial charge in [-0.1, -0.05) is 62.4 Å². The third-order valence-electron chi connectivity index (χ3n) is 9.05. The van der Waals surface area contributed by atoms with Crippen LogP contribution in [0, 0.1) is 40.6 Å². The van der Waals surface area contributed by atoms with Crippen molar-refractivity contribution in [3.8, 4) is 28.0 Å². The molecular weight excluding hydrogens is 653 g/mol. The summed E-state index contributed by atoms with van der Waals surface area (Å²) in [5, 5.41) is 29.1. The Labute approximate surface area is 287 Å². The molecule has 8 rings (SSSR count). The number of carbonyl (C=O) groups is 2. The van der Waals surface area contributed by atoms with Crippen molar-refractivity contribution in [2.75, 3.05) is 0 Å². The smallest absolute Gasteiger partial charge is 0.270 e. The number of nitriles is 3. The van der Waals surface area contributed by atoms with Crippen LogP contribution in [0.1, 0.15) is 66.6 Å². The van der Waals surface area contributed by atoms with E-state index in [1.165, 1.54) is 10.4 Å². The van der Waals surface area contributed by atoms with Gasteiger partial charge in [0.15, 0.2) is 11.6 Å². The molecule has 3 aromatic heterocycles. The zero-order valence-electron chi connectivity index (χ0n) is 25.3. The van der Waals surface area contributed by atoms with Crippen LogP contribution in [0.4, 0.5) is 0 Å². The molecule has 6 nitrogen and oxygen atoms in total. The molecule has 2 aromatic carbocycles. The SMILES string of the molecule is [C-]#[N+]C(C#N)=C1/C(=C/c2cc3sc4c(c3s2)C(C)(C)c2cc(/C=C3\C(=O)c5ccccc5C3=C(C#N)C#N)sc2-4)C(=O)c2ccccc21. The quantitative estimate of drug-likeness (QED) is 0.105. The lowest BCUT2D eigenvalue weighted by Crippen LogP contribution is -2.13. The van der Waals surface area contributed by atoms with Crippen molar-refractivity contribution in [1.82, 2.24) is 0 Å². The van der Waals surface area contributed by atoms with E-state index in [0.717, 1.165) is 29.6 Å². The van der Waals surface area contributed by atoms with Crippen LogP contribution in [-0.4, -0.2) is 11.6 Å². The van der Waals surface area contributed by atoms with Crippen LogP contribution in [0.2, 0.25) is 0 Å². The van der Waals surface area contributed by atoms with Crippen LogP contribution in [0.3, 0.4) is 0 Å². The van der Waals surface area contributed by atoms with Crippen molar-refractivity contribution in [3.05, 3.63) is 138 Å². The first-order valence-corrected chi connectivity index (χ1v) is 17.2. The second-order valence-corrected chi connectivity index (χ2v) is 15.2. The maximum Gasteiger partial charge on any atom is 0.270 e. The molecule has 0 N–H and O–H groups in total. The summed E-state index contributed by atoms with van der Waals surface area (Å²) in [5.41, 5.74) is 5.51. The monoisotopic (exact) mass is 670 g/mol. The largest absolute Gasteiger partial charge is 0.289 e. The van der Waals surface area contributed by atoms with Crippen LogP contribution in [0.15, 0.2) is 83.1 Å². The fourth-order valence-corrected chi connectivity index (χ4v) is 11.2. The Morgan fingerprint density at radius 2 is 1.31 bits per heavy atom. The maximum atomic E-state index is 13.5. The van der Waals surface area contributed by atoms with Gasteiger partial charge in [0.25, 0.3) is 5.70 Å². The Balaban J connectivity index is 1.22. The number of Topliss-reactive ketones (excluding diaryl/α,β-unsaturated/α-hetero) is 2. The van der Waals surface area contributed by atoms with Crippen molar-refractivity contribution in [3.63, 3.8) is 0 Å². The van der Waals surface area contributed by atoms with Gasteiger partial charge in [0.2, 0.25) is 0 Å². The lowest BCUT2D eigenvalue weighted by atomic mass is 9.84. The van der Waals surface area contributed by atoms with Crippen LogP contribution >= 0.6 is 34.0 Å². The van der Waals surface area contributed by atoms with Crippen LogP contribution < -0.4 is 0 Å². The van der Waals surface area contributed by atoms with E-state index in [1.807, 2.05) is 30.4 Å². The number of hydrogen-bond donors (Lipinski definition) is 0. The van der Waals surface area contributed by atoms with E-state index < -0.39 is 0 Å². The van der Waals surface area contributed by atoms with Gasteiger partial charge >= 0.3 is 0 Å². The number of thiophene rings is 3. The van der Waals surface area contributed by atoms with Crippen molar-refractivity contribution >= 4 is 78.3 Å². The van der Waals surface area contributed by atoms with Gasteiger partial charge in [0.1, 0.15) is 17.7 Å². The van der Waals surface area contributed by atoms with Crippen molar-refractivity contribution in [2.24, 2.45) is 0 Å². The van der Waals surface area contributed by atoms with E-state index in [4.69, 9.17) is 6.57 Å². The Kier molecular flexibility index (Phi) is 6.47. The highest BCUT2D eigenvalue weighted by Gasteiger charge is 2.42. The van der Waals surface area contributed by atoms with E-state index in [2.05, 4.69) is 30.8 Å². The third-order valence-corrected chi connectivity index (χ3v) is 12.7. The van der Waals surface area contributed by atoms with Crippen LogP contribution in [0.5, 0.6) is 0 Å². The van der Waals surface area contributed by atoms with E-state index in [1.54, 1.807) is 82.5 Å². The summed E-state index contributed by atoms with van der Waals surface area (Å²) in [6.07, 6.45) is 3.62. The highest BCUT2D eigenvalue weighted by atomic mass is 32.1. The molecule has 0 amide bonds. The molecule has 0 saturated carbocycles. The second-order valence-electron chi connectivity index (χ2n) is 12.0. The van der Waals surface area contributed by atoms with E-state index in [9.17, 15) is 25.4 Å². The molecule has 0 unspecified atom stereocenters. The molecule has 0 radical (unpaired) electrons. The van der Waals surface area contributed by atoms with Gasteiger partial charge in [-0.2, -0.15) is 10.5 Å². The lowest BCUT2D eigenvalue weighted by molar-refractivity contribution is 0.103. The number of carbonyl (C=O) groups excluding carboxylic acids is 2. The molecule has 0 aliphatic heterocycles. The highest BCUT2D eigenvalue weighted by Crippen LogP contribution is 2.60. The Bertz CT molecular complexity index is 2640. The molecule has 48 heavy (non-hydrogen) atoms. The van der Waals surface area contributed by atoms with E-state index in [0.29, 0.717) is 44.5 Å². The highest BCUT2D eigenvalue weighted by molar-refractivity contribution is 7.32. The summed E-state index contributed by atoms with van der Waals surface area (Å²) in [5.74, 6) is -0.392. The topological polar surface area (TPSA) is 110 Å². The fraction of sp³-hybridized carbons (Fsp3) is 0.0769. The number of benzene rings is 2. The van der Waals surface area contributed by atoms with Gasteiger partial charge in [-0.3, -0.25) is 9.59 Å². The van der Waals surface area contributed by atoms with Crippen LogP contribution in [0.25, 0.3) is 47.3 Å². The lowest BCUT2D eigenvalue weighted by Gasteiger charge is -2.19. The summed E-state index contributed by atoms with van der Waals surface area (Å²) in [6, 6.07) is 24.3. The first kappa shape index (κ1) is 29.5. The molecule has 9 heteroatoms. The van der Waals surface area contributed by atoms with E-state index >= 15 is 0 Å². The van der Waals surface area contributed by atoms with Gasteiger partial charge in [-0.25, -0.2) is 10.1 Å². The first-order chi connectivity index (χ1) is 23.2. The summed E-state index contributed by atoms with van der Waals surface area (Å²) in [6.45, 7) is 11.9. The normalized spacial score (nSPS) is 17.8. The molecule has 3 aliphatic carbocycles. The fourth-order valence-electron chi connectivity index (χ4n) is 6.92. The Morgan fingerprint density at radius 3 is 1.90 bits per heavy atom. The first-order valence-electron chi connectivity index (χ1n) is 14.7. The minimum atomic E-state index is -0.347. The molecule has 0 bridgehead atoms. The number of nitrogens with zero attached hydrogens (tertiary/aromatic N) is 4. The third kappa shape index (κ3) is 3.97. The number of fused-ring (bicyclic) bond motifs is 7. The summed E-state index contributed by atoms with van der Waals surface area (Å²) < 4.78 is 2.22. The predicted octanol–water partition coefficient (Wildman–Crippen LogP) is 9.85. The van der Waals surface area contributed by atoms with Gasteiger partial charge < -0.3 is 0 Å². The average molecular weight is 671 g/mol. The van der Waals surface area contributed by atoms with Gasteiger partial charge in [0, 0.05) is 58.2 Å². The minimum Gasteiger partial charge on any atom is -0.289 e. The maximum absolute atomic E-state index is 13.5. The summed E-state index contributed by atoms with van der Waals surface area (Å²) >= 11 is 4.87. The molecule has 3 aliphatic rings. The Hall–Kier alpha value is -5.94. The minimum absolute atomic E-state index is 0.0840. The van der Waals surface area contributed by atoms with E-state index in [-0.39, 0.29) is 28.3 Å². The molecule has 0 spiro atoms. The molecule has 224 valence electrons. The number of rotatable bonds is 2. The van der Waals surface area contributed by atoms with Crippen molar-refractivity contribution in [1.29, 1.82) is 15.8 Å².